The molecule has 1 rings (SSSR count). The van der Waals surface area contributed by atoms with Crippen LogP contribution in [0.2, 0.25) is 15.1 Å². The summed E-state index contributed by atoms with van der Waals surface area (Å²) in [5, 5.41) is 14.0. The van der Waals surface area contributed by atoms with Crippen molar-refractivity contribution in [2.24, 2.45) is 0 Å². The van der Waals surface area contributed by atoms with Gasteiger partial charge in [0.1, 0.15) is 0 Å². The molecule has 0 aliphatic heterocycles. The summed E-state index contributed by atoms with van der Waals surface area (Å²) in [6.07, 6.45) is -0.651. The van der Waals surface area contributed by atoms with Crippen molar-refractivity contribution in [2.45, 2.75) is 13.0 Å². The number of hydrogen-bond acceptors (Lipinski definition) is 4. The molecule has 0 fully saturated rings. The highest BCUT2D eigenvalue weighted by Gasteiger charge is 2.08. The average molecular weight is 343 g/mol. The summed E-state index contributed by atoms with van der Waals surface area (Å²) in [5.74, 6) is 0. The number of benzene rings is 1. The molecule has 0 amide bonds. The van der Waals surface area contributed by atoms with Gasteiger partial charge in [-0.2, -0.15) is 0 Å². The van der Waals surface area contributed by atoms with Crippen molar-refractivity contribution in [1.82, 2.24) is 0 Å². The number of halogens is 3. The van der Waals surface area contributed by atoms with Gasteiger partial charge in [0.05, 0.1) is 46.7 Å². The van der Waals surface area contributed by atoms with E-state index in [-0.39, 0.29) is 6.61 Å². The molecule has 0 aliphatic carbocycles. The number of aliphatic hydroxyl groups excluding tert-OH is 1. The highest BCUT2D eigenvalue weighted by Crippen LogP contribution is 2.32. The van der Waals surface area contributed by atoms with Crippen molar-refractivity contribution in [3.8, 4) is 0 Å². The van der Waals surface area contributed by atoms with Gasteiger partial charge in [0.2, 0.25) is 0 Å². The van der Waals surface area contributed by atoms with Crippen LogP contribution < -0.4 is 5.32 Å². The Morgan fingerprint density at radius 3 is 2.45 bits per heavy atom. The predicted molar refractivity (Wildman–Crippen MR) is 83.3 cm³/mol. The molecule has 1 aromatic carbocycles. The molecule has 4 nitrogen and oxygen atoms in total. The van der Waals surface area contributed by atoms with Crippen molar-refractivity contribution in [1.29, 1.82) is 0 Å². The zero-order valence-corrected chi connectivity index (χ0v) is 13.4. The minimum Gasteiger partial charge on any atom is -0.389 e. The van der Waals surface area contributed by atoms with Crippen LogP contribution in [0, 0.1) is 0 Å². The number of hydrogen-bond donors (Lipinski definition) is 2. The second kappa shape index (κ2) is 9.66. The first-order chi connectivity index (χ1) is 9.54. The van der Waals surface area contributed by atoms with Crippen LogP contribution >= 0.6 is 34.8 Å². The number of rotatable bonds is 9. The second-order valence-corrected chi connectivity index (χ2v) is 5.27. The predicted octanol–water partition coefficient (Wildman–Crippen LogP) is 3.47. The molecular formula is C13H18Cl3NO3. The molecule has 0 radical (unpaired) electrons. The molecule has 114 valence electrons. The Hall–Kier alpha value is -0.230. The lowest BCUT2D eigenvalue weighted by Gasteiger charge is -2.14. The van der Waals surface area contributed by atoms with Crippen LogP contribution in [0.1, 0.15) is 6.92 Å². The Bertz CT molecular complexity index is 418. The Kier molecular flexibility index (Phi) is 8.61. The Morgan fingerprint density at radius 2 is 1.75 bits per heavy atom. The van der Waals surface area contributed by atoms with Gasteiger partial charge in [0.25, 0.3) is 0 Å². The molecule has 0 spiro atoms. The molecule has 1 unspecified atom stereocenters. The van der Waals surface area contributed by atoms with E-state index < -0.39 is 6.10 Å². The fourth-order valence-electron chi connectivity index (χ4n) is 1.43. The molecule has 2 N–H and O–H groups in total. The van der Waals surface area contributed by atoms with Gasteiger partial charge in [-0.25, -0.2) is 0 Å². The van der Waals surface area contributed by atoms with Gasteiger partial charge in [0, 0.05) is 13.2 Å². The van der Waals surface area contributed by atoms with E-state index in [9.17, 15) is 5.11 Å². The topological polar surface area (TPSA) is 50.7 Å². The standard InChI is InChI=1S/C13H18Cl3NO3/c1-2-19-3-4-20-8-9(18)7-17-13-6-11(15)10(14)5-12(13)16/h5-6,9,17-18H,2-4,7-8H2,1H3. The molecule has 0 bridgehead atoms. The maximum Gasteiger partial charge on any atom is 0.0945 e. The molecule has 0 aliphatic rings. The van der Waals surface area contributed by atoms with Gasteiger partial charge in [-0.3, -0.25) is 0 Å². The first kappa shape index (κ1) is 17.8. The van der Waals surface area contributed by atoms with Crippen molar-refractivity contribution < 1.29 is 14.6 Å². The fraction of sp³-hybridized carbons (Fsp3) is 0.538. The van der Waals surface area contributed by atoms with Gasteiger partial charge in [-0.05, 0) is 19.1 Å². The van der Waals surface area contributed by atoms with Gasteiger partial charge in [-0.15, -0.1) is 0 Å². The first-order valence-corrected chi connectivity index (χ1v) is 7.40. The van der Waals surface area contributed by atoms with E-state index in [0.29, 0.717) is 47.1 Å². The average Bonchev–Trinajstić information content (AvgIpc) is 2.41. The molecule has 20 heavy (non-hydrogen) atoms. The molecule has 0 heterocycles. The maximum absolute atomic E-state index is 9.75. The molecule has 0 saturated carbocycles. The fourth-order valence-corrected chi connectivity index (χ4v) is 2.04. The Balaban J connectivity index is 2.30. The third-order valence-corrected chi connectivity index (χ3v) is 3.46. The van der Waals surface area contributed by atoms with Crippen LogP contribution in [0.25, 0.3) is 0 Å². The maximum atomic E-state index is 9.75. The lowest BCUT2D eigenvalue weighted by molar-refractivity contribution is 0.0103. The summed E-state index contributed by atoms with van der Waals surface area (Å²) in [7, 11) is 0. The number of aliphatic hydroxyl groups is 1. The number of ether oxygens (including phenoxy) is 2. The zero-order valence-electron chi connectivity index (χ0n) is 11.2. The second-order valence-electron chi connectivity index (χ2n) is 4.05. The molecule has 1 aromatic rings. The summed E-state index contributed by atoms with van der Waals surface area (Å²) in [4.78, 5) is 0. The number of nitrogens with one attached hydrogen (secondary N) is 1. The van der Waals surface area contributed by atoms with E-state index in [1.165, 1.54) is 0 Å². The summed E-state index contributed by atoms with van der Waals surface area (Å²) in [6.45, 7) is 4.07. The van der Waals surface area contributed by atoms with Crippen LogP contribution in [0.4, 0.5) is 5.69 Å². The van der Waals surface area contributed by atoms with Crippen LogP contribution in [0.15, 0.2) is 12.1 Å². The van der Waals surface area contributed by atoms with E-state index in [2.05, 4.69) is 5.32 Å². The van der Waals surface area contributed by atoms with Crippen LogP contribution in [-0.2, 0) is 9.47 Å². The van der Waals surface area contributed by atoms with Crippen molar-refractivity contribution in [3.63, 3.8) is 0 Å². The molecule has 1 atom stereocenters. The highest BCUT2D eigenvalue weighted by molar-refractivity contribution is 6.44. The Labute approximate surface area is 133 Å². The molecule has 7 heteroatoms. The van der Waals surface area contributed by atoms with E-state index in [1.807, 2.05) is 6.92 Å². The number of anilines is 1. The lowest BCUT2D eigenvalue weighted by Crippen LogP contribution is -2.25. The van der Waals surface area contributed by atoms with E-state index in [0.717, 1.165) is 0 Å². The highest BCUT2D eigenvalue weighted by atomic mass is 35.5. The lowest BCUT2D eigenvalue weighted by atomic mass is 10.3. The summed E-state index contributed by atoms with van der Waals surface area (Å²) in [5.41, 5.74) is 0.620. The van der Waals surface area contributed by atoms with Gasteiger partial charge < -0.3 is 19.9 Å². The van der Waals surface area contributed by atoms with Gasteiger partial charge in [-0.1, -0.05) is 34.8 Å². The summed E-state index contributed by atoms with van der Waals surface area (Å²) in [6, 6.07) is 3.17. The molecule has 0 aromatic heterocycles. The van der Waals surface area contributed by atoms with Gasteiger partial charge in [0.15, 0.2) is 0 Å². The van der Waals surface area contributed by atoms with Crippen molar-refractivity contribution in [2.75, 3.05) is 38.3 Å². The summed E-state index contributed by atoms with van der Waals surface area (Å²) >= 11 is 17.7. The zero-order chi connectivity index (χ0) is 15.0. The van der Waals surface area contributed by atoms with Crippen molar-refractivity contribution in [3.05, 3.63) is 27.2 Å². The van der Waals surface area contributed by atoms with Crippen LogP contribution in [0.5, 0.6) is 0 Å². The normalized spacial score (nSPS) is 12.4. The minimum absolute atomic E-state index is 0.221. The van der Waals surface area contributed by atoms with E-state index in [1.54, 1.807) is 12.1 Å². The monoisotopic (exact) mass is 341 g/mol. The van der Waals surface area contributed by atoms with Crippen molar-refractivity contribution >= 4 is 40.5 Å². The first-order valence-electron chi connectivity index (χ1n) is 6.26. The van der Waals surface area contributed by atoms with Gasteiger partial charge >= 0.3 is 0 Å². The van der Waals surface area contributed by atoms with E-state index >= 15 is 0 Å². The summed E-state index contributed by atoms with van der Waals surface area (Å²) < 4.78 is 10.4. The molecule has 0 saturated heterocycles. The third-order valence-electron chi connectivity index (χ3n) is 2.42. The third kappa shape index (κ3) is 6.48. The quantitative estimate of drug-likeness (QED) is 0.533. The van der Waals surface area contributed by atoms with E-state index in [4.69, 9.17) is 44.3 Å². The van der Waals surface area contributed by atoms with Crippen LogP contribution in [-0.4, -0.2) is 44.2 Å². The van der Waals surface area contributed by atoms with Crippen LogP contribution in [0.3, 0.4) is 0 Å². The Morgan fingerprint density at radius 1 is 1.10 bits per heavy atom. The smallest absolute Gasteiger partial charge is 0.0945 e. The molecular weight excluding hydrogens is 325 g/mol. The largest absolute Gasteiger partial charge is 0.389 e. The minimum atomic E-state index is -0.651. The SMILES string of the molecule is CCOCCOCC(O)CNc1cc(Cl)c(Cl)cc1Cl.